The Kier molecular flexibility index (Phi) is 2.94. The Balaban J connectivity index is 2.06. The van der Waals surface area contributed by atoms with Gasteiger partial charge < -0.3 is 0 Å². The Morgan fingerprint density at radius 3 is 2.90 bits per heavy atom. The minimum Gasteiger partial charge on any atom is -0.267 e. The molecule has 3 aromatic rings. The fourth-order valence-corrected chi connectivity index (χ4v) is 2.13. The zero-order valence-electron chi connectivity index (χ0n) is 10.8. The predicted octanol–water partition coefficient (Wildman–Crippen LogP) is 0.325. The summed E-state index contributed by atoms with van der Waals surface area (Å²) in [5.41, 5.74) is 0.877. The third kappa shape index (κ3) is 2.14. The van der Waals surface area contributed by atoms with Gasteiger partial charge in [0, 0.05) is 12.7 Å². The minimum absolute atomic E-state index is 0.109. The highest BCUT2D eigenvalue weighted by Gasteiger charge is 2.11. The molecule has 0 aliphatic rings. The predicted molar refractivity (Wildman–Crippen MR) is 71.4 cm³/mol. The maximum absolute atomic E-state index is 12.2. The molecule has 0 spiro atoms. The van der Waals surface area contributed by atoms with E-state index in [0.29, 0.717) is 22.0 Å². The summed E-state index contributed by atoms with van der Waals surface area (Å²) >= 11 is 5.87. The molecule has 3 aromatic heterocycles. The molecule has 0 unspecified atom stereocenters. The third-order valence-electron chi connectivity index (χ3n) is 2.78. The number of fused-ring (bicyclic) bond motifs is 1. The summed E-state index contributed by atoms with van der Waals surface area (Å²) < 4.78 is 2.68. The molecular weight excluding hydrogens is 282 g/mol. The van der Waals surface area contributed by atoms with Gasteiger partial charge in [0.05, 0.1) is 6.20 Å². The molecule has 0 fully saturated rings. The lowest BCUT2D eigenvalue weighted by molar-refractivity contribution is 0.576. The topological polar surface area (TPSA) is 91.4 Å². The second-order valence-corrected chi connectivity index (χ2v) is 4.69. The molecule has 0 amide bonds. The van der Waals surface area contributed by atoms with Gasteiger partial charge in [0.1, 0.15) is 17.1 Å². The Hall–Kier alpha value is -2.35. The van der Waals surface area contributed by atoms with Crippen molar-refractivity contribution in [2.24, 2.45) is 7.05 Å². The molecule has 0 bridgehead atoms. The lowest BCUT2D eigenvalue weighted by Gasteiger charge is -2.04. The third-order valence-corrected chi connectivity index (χ3v) is 2.97. The zero-order valence-corrected chi connectivity index (χ0v) is 11.5. The van der Waals surface area contributed by atoms with E-state index in [-0.39, 0.29) is 12.1 Å². The molecule has 20 heavy (non-hydrogen) atoms. The van der Waals surface area contributed by atoms with Crippen LogP contribution in [0.25, 0.3) is 11.0 Å². The first-order valence-electron chi connectivity index (χ1n) is 5.80. The van der Waals surface area contributed by atoms with Crippen LogP contribution in [0.3, 0.4) is 0 Å². The van der Waals surface area contributed by atoms with Gasteiger partial charge in [-0.2, -0.15) is 5.10 Å². The first-order valence-corrected chi connectivity index (χ1v) is 6.18. The van der Waals surface area contributed by atoms with Crippen molar-refractivity contribution in [3.8, 4) is 0 Å². The summed E-state index contributed by atoms with van der Waals surface area (Å²) in [4.78, 5) is 20.5. The Morgan fingerprint density at radius 1 is 1.35 bits per heavy atom. The van der Waals surface area contributed by atoms with E-state index < -0.39 is 0 Å². The lowest BCUT2D eigenvalue weighted by Crippen LogP contribution is -2.25. The van der Waals surface area contributed by atoms with Gasteiger partial charge in [-0.3, -0.25) is 4.79 Å². The van der Waals surface area contributed by atoms with Gasteiger partial charge in [0.15, 0.2) is 11.5 Å². The molecule has 0 saturated heterocycles. The van der Waals surface area contributed by atoms with Crippen LogP contribution >= 0.6 is 11.6 Å². The smallest absolute Gasteiger partial charge is 0.267 e. The van der Waals surface area contributed by atoms with E-state index in [9.17, 15) is 4.79 Å². The monoisotopic (exact) mass is 291 g/mol. The van der Waals surface area contributed by atoms with E-state index in [1.807, 2.05) is 0 Å². The summed E-state index contributed by atoms with van der Waals surface area (Å²) in [6.07, 6.45) is 1.47. The number of hydrogen-bond acceptors (Lipinski definition) is 6. The highest BCUT2D eigenvalue weighted by molar-refractivity contribution is 6.29. The summed E-state index contributed by atoms with van der Waals surface area (Å²) in [6, 6.07) is 1.64. The number of nitrogens with zero attached hydrogens (tertiary/aromatic N) is 7. The van der Waals surface area contributed by atoms with E-state index in [2.05, 4.69) is 25.4 Å². The minimum atomic E-state index is -0.288. The molecule has 0 aliphatic heterocycles. The van der Waals surface area contributed by atoms with Crippen molar-refractivity contribution in [2.75, 3.05) is 0 Å². The quantitative estimate of drug-likeness (QED) is 0.632. The highest BCUT2D eigenvalue weighted by Crippen LogP contribution is 2.07. The maximum Gasteiger partial charge on any atom is 0.281 e. The van der Waals surface area contributed by atoms with E-state index in [1.54, 1.807) is 20.0 Å². The van der Waals surface area contributed by atoms with Crippen LogP contribution in [0.5, 0.6) is 0 Å². The molecule has 8 nitrogen and oxygen atoms in total. The summed E-state index contributed by atoms with van der Waals surface area (Å²) in [5.74, 6) is 0.412. The van der Waals surface area contributed by atoms with Crippen LogP contribution in [0.2, 0.25) is 5.15 Å². The summed E-state index contributed by atoms with van der Waals surface area (Å²) in [6.45, 7) is 1.91. The van der Waals surface area contributed by atoms with E-state index >= 15 is 0 Å². The van der Waals surface area contributed by atoms with Gasteiger partial charge in [0.25, 0.3) is 5.56 Å². The molecule has 0 atom stereocenters. The van der Waals surface area contributed by atoms with Gasteiger partial charge >= 0.3 is 0 Å². The van der Waals surface area contributed by atoms with Crippen LogP contribution in [-0.2, 0) is 13.6 Å². The Morgan fingerprint density at radius 2 is 2.15 bits per heavy atom. The first kappa shape index (κ1) is 12.7. The molecule has 3 rings (SSSR count). The average Bonchev–Trinajstić information content (AvgIpc) is 2.74. The normalized spacial score (nSPS) is 11.2. The highest BCUT2D eigenvalue weighted by atomic mass is 35.5. The van der Waals surface area contributed by atoms with Crippen LogP contribution in [0.1, 0.15) is 11.5 Å². The molecule has 0 aromatic carbocycles. The summed E-state index contributed by atoms with van der Waals surface area (Å²) in [7, 11) is 1.70. The Bertz CT molecular complexity index is 833. The number of aromatic nitrogens is 7. The molecule has 9 heteroatoms. The Labute approximate surface area is 118 Å². The van der Waals surface area contributed by atoms with E-state index in [0.717, 1.165) is 5.69 Å². The maximum atomic E-state index is 12.2. The SMILES string of the molecule is Cc1cc(Cl)nc(Cn2nnc3c(cnn3C)c2=O)n1. The lowest BCUT2D eigenvalue weighted by atomic mass is 10.4. The zero-order chi connectivity index (χ0) is 14.3. The number of aryl methyl sites for hydroxylation is 2. The second-order valence-electron chi connectivity index (χ2n) is 4.31. The molecule has 3 heterocycles. The summed E-state index contributed by atoms with van der Waals surface area (Å²) in [5, 5.41) is 12.5. The molecule has 0 radical (unpaired) electrons. The molecule has 0 aliphatic carbocycles. The largest absolute Gasteiger partial charge is 0.281 e. The van der Waals surface area contributed by atoms with Gasteiger partial charge in [-0.1, -0.05) is 16.8 Å². The van der Waals surface area contributed by atoms with Crippen LogP contribution in [0.4, 0.5) is 0 Å². The van der Waals surface area contributed by atoms with Crippen LogP contribution < -0.4 is 5.56 Å². The van der Waals surface area contributed by atoms with Gasteiger partial charge in [-0.15, -0.1) is 5.10 Å². The van der Waals surface area contributed by atoms with Crippen molar-refractivity contribution in [3.05, 3.63) is 39.3 Å². The fraction of sp³-hybridized carbons (Fsp3) is 0.273. The van der Waals surface area contributed by atoms with Crippen molar-refractivity contribution in [2.45, 2.75) is 13.5 Å². The van der Waals surface area contributed by atoms with Crippen molar-refractivity contribution >= 4 is 22.6 Å². The number of hydrogen-bond donors (Lipinski definition) is 0. The van der Waals surface area contributed by atoms with Crippen molar-refractivity contribution in [1.29, 1.82) is 0 Å². The molecule has 102 valence electrons. The van der Waals surface area contributed by atoms with Crippen LogP contribution in [0, 0.1) is 6.92 Å². The fourth-order valence-electron chi connectivity index (χ4n) is 1.87. The van der Waals surface area contributed by atoms with E-state index in [1.165, 1.54) is 15.6 Å². The average molecular weight is 292 g/mol. The standard InChI is InChI=1S/C11H10ClN7O/c1-6-3-8(12)15-9(14-6)5-19-11(20)7-4-13-18(2)10(7)16-17-19/h3-4H,5H2,1-2H3. The van der Waals surface area contributed by atoms with Gasteiger partial charge in [0.2, 0.25) is 0 Å². The van der Waals surface area contributed by atoms with E-state index in [4.69, 9.17) is 11.6 Å². The van der Waals surface area contributed by atoms with Gasteiger partial charge in [-0.25, -0.2) is 19.3 Å². The van der Waals surface area contributed by atoms with Crippen LogP contribution in [0.15, 0.2) is 17.1 Å². The first-order chi connectivity index (χ1) is 9.54. The van der Waals surface area contributed by atoms with Crippen molar-refractivity contribution < 1.29 is 0 Å². The van der Waals surface area contributed by atoms with Gasteiger partial charge in [-0.05, 0) is 13.0 Å². The second kappa shape index (κ2) is 4.64. The molecule has 0 saturated carbocycles. The molecular formula is C11H10ClN7O. The van der Waals surface area contributed by atoms with Crippen molar-refractivity contribution in [1.82, 2.24) is 34.7 Å². The number of rotatable bonds is 2. The van der Waals surface area contributed by atoms with Crippen molar-refractivity contribution in [3.63, 3.8) is 0 Å². The molecule has 0 N–H and O–H groups in total. The number of halogens is 1. The van der Waals surface area contributed by atoms with Crippen LogP contribution in [-0.4, -0.2) is 34.7 Å².